The molecule has 1 heterocycles. The molecule has 0 radical (unpaired) electrons. The first-order valence-electron chi connectivity index (χ1n) is 7.60. The molecule has 5 heteroatoms. The van der Waals surface area contributed by atoms with Crippen molar-refractivity contribution in [1.29, 1.82) is 21.2 Å². The van der Waals surface area contributed by atoms with Crippen LogP contribution in [0.25, 0.3) is 0 Å². The van der Waals surface area contributed by atoms with Crippen molar-refractivity contribution in [3.63, 3.8) is 0 Å². The van der Waals surface area contributed by atoms with Crippen LogP contribution < -0.4 is 0 Å². The predicted octanol–water partition coefficient (Wildman–Crippen LogP) is 2.88. The number of aromatic nitrogens is 1. The molecule has 1 aromatic rings. The van der Waals surface area contributed by atoms with Gasteiger partial charge in [0.2, 0.25) is 0 Å². The first kappa shape index (κ1) is 14.9. The zero-order valence-electron chi connectivity index (χ0n) is 12.5. The van der Waals surface area contributed by atoms with Gasteiger partial charge < -0.3 is 5.41 Å². The van der Waals surface area contributed by atoms with Crippen LogP contribution in [0.1, 0.15) is 24.8 Å². The highest BCUT2D eigenvalue weighted by Crippen LogP contribution is 2.51. The van der Waals surface area contributed by atoms with Crippen LogP contribution in [0, 0.1) is 57.2 Å². The lowest BCUT2D eigenvalue weighted by molar-refractivity contribution is 0.313. The Kier molecular flexibility index (Phi) is 3.68. The SMILES string of the molecule is N#C[C@@H]1C(=N)[C@](C#N)(c2cccnc2)[C@@H](C#N)[C@H]2CCCC=C12. The van der Waals surface area contributed by atoms with Crippen molar-refractivity contribution < 1.29 is 0 Å². The minimum absolute atomic E-state index is 0.00597. The quantitative estimate of drug-likeness (QED) is 0.804. The molecule has 0 bridgehead atoms. The van der Waals surface area contributed by atoms with Crippen LogP contribution in [-0.2, 0) is 5.41 Å². The van der Waals surface area contributed by atoms with E-state index in [-0.39, 0.29) is 11.6 Å². The van der Waals surface area contributed by atoms with E-state index < -0.39 is 17.3 Å². The minimum Gasteiger partial charge on any atom is -0.306 e. The van der Waals surface area contributed by atoms with Crippen molar-refractivity contribution in [3.05, 3.63) is 41.7 Å². The van der Waals surface area contributed by atoms with Gasteiger partial charge in [-0.15, -0.1) is 0 Å². The molecule has 3 rings (SSSR count). The van der Waals surface area contributed by atoms with E-state index in [2.05, 4.69) is 23.2 Å². The van der Waals surface area contributed by atoms with Gasteiger partial charge in [-0.1, -0.05) is 12.1 Å². The highest BCUT2D eigenvalue weighted by molar-refractivity contribution is 6.02. The van der Waals surface area contributed by atoms with Gasteiger partial charge in [0.15, 0.2) is 0 Å². The number of nitrogens with zero attached hydrogens (tertiary/aromatic N) is 4. The highest BCUT2D eigenvalue weighted by Gasteiger charge is 2.57. The summed E-state index contributed by atoms with van der Waals surface area (Å²) in [6, 6.07) is 10.1. The fourth-order valence-electron chi connectivity index (χ4n) is 3.93. The maximum absolute atomic E-state index is 9.97. The monoisotopic (exact) mass is 301 g/mol. The van der Waals surface area contributed by atoms with Gasteiger partial charge in [0.05, 0.1) is 29.8 Å². The minimum atomic E-state index is -1.40. The Balaban J connectivity index is 2.27. The molecular weight excluding hydrogens is 286 g/mol. The second-order valence-corrected chi connectivity index (χ2v) is 5.99. The number of allylic oxidation sites excluding steroid dienone is 2. The first-order valence-corrected chi connectivity index (χ1v) is 7.60. The summed E-state index contributed by atoms with van der Waals surface area (Å²) in [5, 5.41) is 38.0. The van der Waals surface area contributed by atoms with E-state index in [0.717, 1.165) is 24.8 Å². The third-order valence-corrected chi connectivity index (χ3v) is 5.00. The number of hydrogen-bond acceptors (Lipinski definition) is 5. The molecule has 23 heavy (non-hydrogen) atoms. The van der Waals surface area contributed by atoms with Gasteiger partial charge >= 0.3 is 0 Å². The summed E-state index contributed by atoms with van der Waals surface area (Å²) in [4.78, 5) is 4.06. The fourth-order valence-corrected chi connectivity index (χ4v) is 3.93. The Hall–Kier alpha value is -2.97. The van der Waals surface area contributed by atoms with Crippen LogP contribution in [0.3, 0.4) is 0 Å². The van der Waals surface area contributed by atoms with Crippen molar-refractivity contribution in [2.45, 2.75) is 24.7 Å². The zero-order valence-corrected chi connectivity index (χ0v) is 12.5. The summed E-state index contributed by atoms with van der Waals surface area (Å²) in [7, 11) is 0. The third kappa shape index (κ3) is 1.96. The lowest BCUT2D eigenvalue weighted by Gasteiger charge is -2.45. The standard InChI is InChI=1S/C18H15N5/c19-8-15-13-5-1-2-6-14(13)16(9-20)18(11-21,17(15)22)12-4-3-7-23-10-12/h3-5,7,10,14-16,22H,1-2,6H2/t14-,15-,16-,18+/m0/s1. The van der Waals surface area contributed by atoms with Crippen molar-refractivity contribution in [2.75, 3.05) is 0 Å². The summed E-state index contributed by atoms with van der Waals surface area (Å²) >= 11 is 0. The van der Waals surface area contributed by atoms with Crippen molar-refractivity contribution in [2.24, 2.45) is 17.8 Å². The molecule has 4 atom stereocenters. The van der Waals surface area contributed by atoms with Crippen LogP contribution in [0.2, 0.25) is 0 Å². The second-order valence-electron chi connectivity index (χ2n) is 5.99. The second kappa shape index (κ2) is 5.67. The fraction of sp³-hybridized carbons (Fsp3) is 0.389. The average Bonchev–Trinajstić information content (AvgIpc) is 2.61. The molecule has 2 aliphatic rings. The summed E-state index contributed by atoms with van der Waals surface area (Å²) < 4.78 is 0. The van der Waals surface area contributed by atoms with Crippen molar-refractivity contribution >= 4 is 5.71 Å². The Bertz CT molecular complexity index is 789. The van der Waals surface area contributed by atoms with Crippen LogP contribution in [0.5, 0.6) is 0 Å². The zero-order chi connectivity index (χ0) is 16.4. The summed E-state index contributed by atoms with van der Waals surface area (Å²) in [5.41, 5.74) is -0.0108. The van der Waals surface area contributed by atoms with Gasteiger partial charge in [0, 0.05) is 12.4 Å². The molecule has 0 aliphatic heterocycles. The van der Waals surface area contributed by atoms with E-state index in [0.29, 0.717) is 5.56 Å². The summed E-state index contributed by atoms with van der Waals surface area (Å²) in [6.45, 7) is 0. The van der Waals surface area contributed by atoms with Crippen molar-refractivity contribution in [1.82, 2.24) is 4.98 Å². The molecule has 1 N–H and O–H groups in total. The molecule has 1 aromatic heterocycles. The summed E-state index contributed by atoms with van der Waals surface area (Å²) in [6.07, 6.45) is 7.70. The molecule has 0 amide bonds. The van der Waals surface area contributed by atoms with Gasteiger partial charge in [0.25, 0.3) is 0 Å². The number of nitriles is 3. The van der Waals surface area contributed by atoms with Crippen LogP contribution in [-0.4, -0.2) is 10.7 Å². The molecule has 1 fully saturated rings. The number of fused-ring (bicyclic) bond motifs is 1. The van der Waals surface area contributed by atoms with E-state index in [9.17, 15) is 15.8 Å². The number of pyridine rings is 1. The Morgan fingerprint density at radius 2 is 2.09 bits per heavy atom. The van der Waals surface area contributed by atoms with E-state index in [1.165, 1.54) is 6.20 Å². The number of hydrogen-bond donors (Lipinski definition) is 1. The lowest BCUT2D eigenvalue weighted by atomic mass is 9.53. The molecule has 1 saturated carbocycles. The highest BCUT2D eigenvalue weighted by atomic mass is 14.7. The molecule has 0 saturated heterocycles. The Labute approximate surface area is 135 Å². The maximum Gasteiger partial charge on any atom is 0.139 e. The molecule has 5 nitrogen and oxygen atoms in total. The maximum atomic E-state index is 9.97. The molecular formula is C18H15N5. The van der Waals surface area contributed by atoms with Crippen LogP contribution in [0.15, 0.2) is 36.2 Å². The predicted molar refractivity (Wildman–Crippen MR) is 82.9 cm³/mol. The van der Waals surface area contributed by atoms with E-state index in [1.807, 2.05) is 6.08 Å². The molecule has 0 unspecified atom stereocenters. The summed E-state index contributed by atoms with van der Waals surface area (Å²) in [5.74, 6) is -1.54. The van der Waals surface area contributed by atoms with E-state index in [4.69, 9.17) is 5.41 Å². The molecule has 0 spiro atoms. The van der Waals surface area contributed by atoms with Crippen molar-refractivity contribution in [3.8, 4) is 18.2 Å². The Morgan fingerprint density at radius 3 is 2.70 bits per heavy atom. The average molecular weight is 301 g/mol. The van der Waals surface area contributed by atoms with Crippen LogP contribution >= 0.6 is 0 Å². The van der Waals surface area contributed by atoms with Gasteiger partial charge in [-0.3, -0.25) is 4.98 Å². The smallest absolute Gasteiger partial charge is 0.139 e. The van der Waals surface area contributed by atoms with E-state index >= 15 is 0 Å². The topological polar surface area (TPSA) is 108 Å². The number of nitrogens with one attached hydrogen (secondary N) is 1. The third-order valence-electron chi connectivity index (χ3n) is 5.00. The van der Waals surface area contributed by atoms with Gasteiger partial charge in [-0.05, 0) is 42.4 Å². The first-order chi connectivity index (χ1) is 11.2. The van der Waals surface area contributed by atoms with Gasteiger partial charge in [0.1, 0.15) is 11.3 Å². The lowest BCUT2D eigenvalue weighted by Crippen LogP contribution is -2.53. The normalized spacial score (nSPS) is 32.7. The van der Waals surface area contributed by atoms with E-state index in [1.54, 1.807) is 18.3 Å². The van der Waals surface area contributed by atoms with Crippen LogP contribution in [0.4, 0.5) is 0 Å². The molecule has 0 aromatic carbocycles. The molecule has 112 valence electrons. The Morgan fingerprint density at radius 1 is 1.26 bits per heavy atom. The van der Waals surface area contributed by atoms with Gasteiger partial charge in [-0.2, -0.15) is 15.8 Å². The number of rotatable bonds is 1. The largest absolute Gasteiger partial charge is 0.306 e. The van der Waals surface area contributed by atoms with Gasteiger partial charge in [-0.25, -0.2) is 0 Å². The molecule has 2 aliphatic carbocycles.